The van der Waals surface area contributed by atoms with E-state index in [2.05, 4.69) is 10.0 Å². The maximum absolute atomic E-state index is 12.3. The lowest BCUT2D eigenvalue weighted by Crippen LogP contribution is -2.29. The number of nitrogens with one attached hydrogen (secondary N) is 2. The van der Waals surface area contributed by atoms with Gasteiger partial charge in [-0.1, -0.05) is 29.8 Å². The van der Waals surface area contributed by atoms with Crippen molar-refractivity contribution < 1.29 is 27.5 Å². The lowest BCUT2D eigenvalue weighted by atomic mass is 10.1. The number of benzene rings is 2. The number of sulfonamides is 1. The molecule has 0 unspecified atom stereocenters. The number of aryl methyl sites for hydroxylation is 1. The Bertz CT molecular complexity index is 1010. The second-order valence-corrected chi connectivity index (χ2v) is 8.48. The molecule has 30 heavy (non-hydrogen) atoms. The van der Waals surface area contributed by atoms with Crippen molar-refractivity contribution in [1.82, 2.24) is 4.72 Å². The second kappa shape index (κ2) is 10.1. The molecular weight excluding hydrogens is 408 g/mol. The van der Waals surface area contributed by atoms with Gasteiger partial charge in [-0.15, -0.1) is 0 Å². The molecule has 1 atom stereocenters. The van der Waals surface area contributed by atoms with E-state index in [1.807, 2.05) is 6.92 Å². The molecule has 0 saturated heterocycles. The van der Waals surface area contributed by atoms with Crippen LogP contribution < -0.4 is 10.0 Å². The van der Waals surface area contributed by atoms with E-state index >= 15 is 0 Å². The van der Waals surface area contributed by atoms with Crippen molar-refractivity contribution in [2.24, 2.45) is 0 Å². The molecule has 0 bridgehead atoms. The van der Waals surface area contributed by atoms with E-state index in [9.17, 15) is 22.8 Å². The number of hydrogen-bond acceptors (Lipinski definition) is 6. The lowest BCUT2D eigenvalue weighted by Gasteiger charge is -2.13. The SMILES string of the molecule is CC(=O)Nc1ccc(S(=O)(=O)NCCC(=O)O[C@@H](C)C(=O)c2ccc(C)cc2)cc1. The van der Waals surface area contributed by atoms with E-state index in [0.29, 0.717) is 11.3 Å². The third-order valence-electron chi connectivity index (χ3n) is 4.12. The average Bonchev–Trinajstić information content (AvgIpc) is 2.67. The molecule has 1 amide bonds. The Balaban J connectivity index is 1.84. The summed E-state index contributed by atoms with van der Waals surface area (Å²) in [4.78, 5) is 35.3. The molecule has 0 saturated carbocycles. The molecule has 2 aromatic carbocycles. The summed E-state index contributed by atoms with van der Waals surface area (Å²) in [5.74, 6) is -1.29. The Labute approximate surface area is 175 Å². The molecule has 0 aromatic heterocycles. The third-order valence-corrected chi connectivity index (χ3v) is 5.60. The molecule has 0 fully saturated rings. The van der Waals surface area contributed by atoms with Crippen LogP contribution in [0.25, 0.3) is 0 Å². The van der Waals surface area contributed by atoms with Crippen molar-refractivity contribution in [2.45, 2.75) is 38.2 Å². The van der Waals surface area contributed by atoms with E-state index in [1.165, 1.54) is 38.1 Å². The molecule has 2 N–H and O–H groups in total. The molecule has 8 nitrogen and oxygen atoms in total. The van der Waals surface area contributed by atoms with Crippen LogP contribution in [0.3, 0.4) is 0 Å². The number of Topliss-reactive ketones (excluding diaryl/α,β-unsaturated/α-hetero) is 1. The lowest BCUT2D eigenvalue weighted by molar-refractivity contribution is -0.146. The monoisotopic (exact) mass is 432 g/mol. The Hall–Kier alpha value is -3.04. The fourth-order valence-corrected chi connectivity index (χ4v) is 3.59. The highest BCUT2D eigenvalue weighted by molar-refractivity contribution is 7.89. The molecule has 2 rings (SSSR count). The molecule has 0 aliphatic rings. The zero-order valence-electron chi connectivity index (χ0n) is 17.0. The van der Waals surface area contributed by atoms with Crippen LogP contribution in [-0.2, 0) is 24.3 Å². The first kappa shape index (κ1) is 23.2. The molecule has 0 spiro atoms. The number of ether oxygens (including phenoxy) is 1. The van der Waals surface area contributed by atoms with Gasteiger partial charge in [0.25, 0.3) is 0 Å². The number of carbonyl (C=O) groups is 3. The van der Waals surface area contributed by atoms with Crippen molar-refractivity contribution in [1.29, 1.82) is 0 Å². The van der Waals surface area contributed by atoms with E-state index in [-0.39, 0.29) is 29.6 Å². The fourth-order valence-electron chi connectivity index (χ4n) is 2.55. The highest BCUT2D eigenvalue weighted by Crippen LogP contribution is 2.14. The van der Waals surface area contributed by atoms with E-state index < -0.39 is 22.1 Å². The molecule has 2 aromatic rings. The smallest absolute Gasteiger partial charge is 0.307 e. The van der Waals surface area contributed by atoms with E-state index in [1.54, 1.807) is 24.3 Å². The Morgan fingerprint density at radius 1 is 1.00 bits per heavy atom. The van der Waals surface area contributed by atoms with Gasteiger partial charge in [0, 0.05) is 24.7 Å². The van der Waals surface area contributed by atoms with Gasteiger partial charge in [-0.2, -0.15) is 0 Å². The van der Waals surface area contributed by atoms with Gasteiger partial charge in [0.2, 0.25) is 21.7 Å². The fraction of sp³-hybridized carbons (Fsp3) is 0.286. The minimum absolute atomic E-state index is 0.00659. The normalized spacial score (nSPS) is 12.1. The first-order valence-electron chi connectivity index (χ1n) is 9.26. The first-order valence-corrected chi connectivity index (χ1v) is 10.7. The Kier molecular flexibility index (Phi) is 7.85. The summed E-state index contributed by atoms with van der Waals surface area (Å²) in [6.07, 6.45) is -1.20. The van der Waals surface area contributed by atoms with Gasteiger partial charge in [-0.05, 0) is 38.1 Å². The molecular formula is C21H24N2O6S. The van der Waals surface area contributed by atoms with Gasteiger partial charge < -0.3 is 10.1 Å². The van der Waals surface area contributed by atoms with Crippen LogP contribution in [0.4, 0.5) is 5.69 Å². The zero-order chi connectivity index (χ0) is 22.3. The van der Waals surface area contributed by atoms with Gasteiger partial charge in [0.15, 0.2) is 6.10 Å². The summed E-state index contributed by atoms with van der Waals surface area (Å²) < 4.78 is 32.0. The van der Waals surface area contributed by atoms with Crippen LogP contribution in [0.1, 0.15) is 36.2 Å². The molecule has 9 heteroatoms. The van der Waals surface area contributed by atoms with E-state index in [4.69, 9.17) is 4.74 Å². The predicted octanol–water partition coefficient (Wildman–Crippen LogP) is 2.44. The van der Waals surface area contributed by atoms with Crippen LogP contribution in [0, 0.1) is 6.92 Å². The van der Waals surface area contributed by atoms with Crippen molar-refractivity contribution in [3.63, 3.8) is 0 Å². The number of carbonyl (C=O) groups excluding carboxylic acids is 3. The summed E-state index contributed by atoms with van der Waals surface area (Å²) in [6.45, 7) is 4.54. The summed E-state index contributed by atoms with van der Waals surface area (Å²) in [7, 11) is -3.83. The molecule has 0 aliphatic carbocycles. The van der Waals surface area contributed by atoms with Crippen LogP contribution in [-0.4, -0.2) is 38.7 Å². The zero-order valence-corrected chi connectivity index (χ0v) is 17.8. The summed E-state index contributed by atoms with van der Waals surface area (Å²) in [6, 6.07) is 12.5. The second-order valence-electron chi connectivity index (χ2n) is 6.72. The molecule has 160 valence electrons. The number of hydrogen-bond donors (Lipinski definition) is 2. The van der Waals surface area contributed by atoms with Crippen LogP contribution >= 0.6 is 0 Å². The van der Waals surface area contributed by atoms with Gasteiger partial charge in [0.05, 0.1) is 11.3 Å². The molecule has 0 heterocycles. The molecule has 0 aliphatic heterocycles. The number of amides is 1. The van der Waals surface area contributed by atoms with Gasteiger partial charge in [-0.25, -0.2) is 13.1 Å². The van der Waals surface area contributed by atoms with Crippen molar-refractivity contribution in [2.75, 3.05) is 11.9 Å². The highest BCUT2D eigenvalue weighted by atomic mass is 32.2. The largest absolute Gasteiger partial charge is 0.454 e. The van der Waals surface area contributed by atoms with Gasteiger partial charge >= 0.3 is 5.97 Å². The number of ketones is 1. The van der Waals surface area contributed by atoms with Crippen molar-refractivity contribution >= 4 is 33.4 Å². The minimum atomic E-state index is -3.83. The average molecular weight is 432 g/mol. The third kappa shape index (κ3) is 6.78. The number of anilines is 1. The van der Waals surface area contributed by atoms with Crippen LogP contribution in [0.5, 0.6) is 0 Å². The highest BCUT2D eigenvalue weighted by Gasteiger charge is 2.20. The Morgan fingerprint density at radius 3 is 2.17 bits per heavy atom. The van der Waals surface area contributed by atoms with Crippen LogP contribution in [0.15, 0.2) is 53.4 Å². The number of rotatable bonds is 9. The van der Waals surface area contributed by atoms with E-state index in [0.717, 1.165) is 5.56 Å². The standard InChI is InChI=1S/C21H24N2O6S/c1-14-4-6-17(7-5-14)21(26)15(2)29-20(25)12-13-22-30(27,28)19-10-8-18(9-11-19)23-16(3)24/h4-11,15,22H,12-13H2,1-3H3,(H,23,24)/t15-/m0/s1. The number of esters is 1. The van der Waals surface area contributed by atoms with Gasteiger partial charge in [0.1, 0.15) is 0 Å². The summed E-state index contributed by atoms with van der Waals surface area (Å²) in [5.41, 5.74) is 1.91. The maximum atomic E-state index is 12.3. The van der Waals surface area contributed by atoms with Gasteiger partial charge in [-0.3, -0.25) is 14.4 Å². The Morgan fingerprint density at radius 2 is 1.60 bits per heavy atom. The van der Waals surface area contributed by atoms with Crippen molar-refractivity contribution in [3.05, 3.63) is 59.7 Å². The summed E-state index contributed by atoms with van der Waals surface area (Å²) in [5, 5.41) is 2.54. The quantitative estimate of drug-likeness (QED) is 0.464. The molecule has 0 radical (unpaired) electrons. The van der Waals surface area contributed by atoms with Crippen molar-refractivity contribution in [3.8, 4) is 0 Å². The predicted molar refractivity (Wildman–Crippen MR) is 112 cm³/mol. The topological polar surface area (TPSA) is 119 Å². The maximum Gasteiger partial charge on any atom is 0.307 e. The first-order chi connectivity index (χ1) is 14.1. The minimum Gasteiger partial charge on any atom is -0.454 e. The summed E-state index contributed by atoms with van der Waals surface area (Å²) >= 11 is 0. The van der Waals surface area contributed by atoms with Crippen LogP contribution in [0.2, 0.25) is 0 Å².